The zero-order valence-electron chi connectivity index (χ0n) is 17.2. The van der Waals surface area contributed by atoms with Crippen LogP contribution >= 0.6 is 22.9 Å². The molecular formula is C20H21ClF6N2O2S. The lowest BCUT2D eigenvalue weighted by Crippen LogP contribution is -2.54. The molecule has 1 amide bonds. The van der Waals surface area contributed by atoms with Gasteiger partial charge in [0.1, 0.15) is 0 Å². The molecule has 0 atom stereocenters. The molecule has 4 nitrogen and oxygen atoms in total. The van der Waals surface area contributed by atoms with Gasteiger partial charge in [0, 0.05) is 39.8 Å². The van der Waals surface area contributed by atoms with Crippen LogP contribution in [-0.2, 0) is 11.3 Å². The highest BCUT2D eigenvalue weighted by molar-refractivity contribution is 7.19. The number of ether oxygens (including phenoxy) is 1. The summed E-state index contributed by atoms with van der Waals surface area (Å²) in [6.07, 6.45) is -16.5. The van der Waals surface area contributed by atoms with Crippen LogP contribution in [0.15, 0.2) is 24.3 Å². The van der Waals surface area contributed by atoms with Gasteiger partial charge >= 0.3 is 18.4 Å². The van der Waals surface area contributed by atoms with Gasteiger partial charge in [0.05, 0.1) is 0 Å². The monoisotopic (exact) mass is 502 g/mol. The number of rotatable bonds is 4. The Labute approximate surface area is 189 Å². The number of carbonyl (C=O) groups excluding carboxylic acids is 1. The molecule has 1 aromatic carbocycles. The molecule has 3 rings (SSSR count). The van der Waals surface area contributed by atoms with E-state index in [1.54, 1.807) is 11.3 Å². The van der Waals surface area contributed by atoms with Crippen molar-refractivity contribution in [2.45, 2.75) is 50.3 Å². The smallest absolute Gasteiger partial charge is 0.426 e. The van der Waals surface area contributed by atoms with Gasteiger partial charge in [0.25, 0.3) is 6.10 Å². The zero-order chi connectivity index (χ0) is 23.9. The average Bonchev–Trinajstić information content (AvgIpc) is 3.06. The standard InChI is InChI=1S/C20H21ClF6N2O2S/c1-18(28(2)11-14-10-12-9-13(21)3-4-15(12)32-14)5-7-29(8-6-18)17(30)31-16(19(22,23)24)20(25,26)27/h3-4,9-10,16H,5-8,11H2,1-2H3. The summed E-state index contributed by atoms with van der Waals surface area (Å²) in [5, 5.41) is 1.66. The summed E-state index contributed by atoms with van der Waals surface area (Å²) in [5.74, 6) is 0. The van der Waals surface area contributed by atoms with Crippen LogP contribution in [0.2, 0.25) is 5.02 Å². The van der Waals surface area contributed by atoms with E-state index in [9.17, 15) is 31.1 Å². The number of thiophene rings is 1. The lowest BCUT2D eigenvalue weighted by atomic mass is 9.88. The quantitative estimate of drug-likeness (QED) is 0.449. The SMILES string of the molecule is CN(Cc1cc2cc(Cl)ccc2s1)C1(C)CCN(C(=O)OC(C(F)(F)F)C(F)(F)F)CC1. The molecule has 12 heteroatoms. The van der Waals surface area contributed by atoms with Gasteiger partial charge in [0.15, 0.2) is 0 Å². The van der Waals surface area contributed by atoms with Crippen molar-refractivity contribution < 1.29 is 35.9 Å². The number of likely N-dealkylation sites (tertiary alicyclic amines) is 1. The predicted molar refractivity (Wildman–Crippen MR) is 110 cm³/mol. The van der Waals surface area contributed by atoms with Crippen molar-refractivity contribution in [3.8, 4) is 0 Å². The Balaban J connectivity index is 1.60. The van der Waals surface area contributed by atoms with Crippen molar-refractivity contribution in [1.29, 1.82) is 0 Å². The van der Waals surface area contributed by atoms with E-state index >= 15 is 0 Å². The maximum Gasteiger partial charge on any atom is 0.434 e. The van der Waals surface area contributed by atoms with Crippen LogP contribution < -0.4 is 0 Å². The van der Waals surface area contributed by atoms with Gasteiger partial charge in [-0.05, 0) is 56.5 Å². The molecule has 0 N–H and O–H groups in total. The van der Waals surface area contributed by atoms with Crippen LogP contribution in [0, 0.1) is 0 Å². The molecular weight excluding hydrogens is 482 g/mol. The number of hydrogen-bond donors (Lipinski definition) is 0. The van der Waals surface area contributed by atoms with Crippen LogP contribution in [0.5, 0.6) is 0 Å². The van der Waals surface area contributed by atoms with E-state index < -0.39 is 30.1 Å². The lowest BCUT2D eigenvalue weighted by molar-refractivity contribution is -0.308. The molecule has 0 unspecified atom stereocenters. The minimum Gasteiger partial charge on any atom is -0.426 e. The second-order valence-electron chi connectivity index (χ2n) is 8.08. The molecule has 178 valence electrons. The van der Waals surface area contributed by atoms with Crippen molar-refractivity contribution in [3.63, 3.8) is 0 Å². The number of benzene rings is 1. The molecule has 0 saturated carbocycles. The van der Waals surface area contributed by atoms with Crippen molar-refractivity contribution >= 4 is 39.1 Å². The fourth-order valence-electron chi connectivity index (χ4n) is 3.62. The number of amides is 1. The topological polar surface area (TPSA) is 32.8 Å². The third-order valence-electron chi connectivity index (χ3n) is 5.76. The highest BCUT2D eigenvalue weighted by Crippen LogP contribution is 2.37. The summed E-state index contributed by atoms with van der Waals surface area (Å²) in [6.45, 7) is 2.53. The van der Waals surface area contributed by atoms with E-state index in [-0.39, 0.29) is 13.1 Å². The molecule has 1 saturated heterocycles. The van der Waals surface area contributed by atoms with Gasteiger partial charge < -0.3 is 9.64 Å². The van der Waals surface area contributed by atoms with Crippen LogP contribution in [0.4, 0.5) is 31.1 Å². The Kier molecular flexibility index (Phi) is 6.93. The van der Waals surface area contributed by atoms with Gasteiger partial charge in [-0.15, -0.1) is 11.3 Å². The molecule has 2 aromatic rings. The first kappa shape index (κ1) is 24.9. The normalized spacial score (nSPS) is 17.4. The van der Waals surface area contributed by atoms with Gasteiger partial charge in [-0.1, -0.05) is 11.6 Å². The first-order chi connectivity index (χ1) is 14.7. The Morgan fingerprint density at radius 2 is 1.78 bits per heavy atom. The van der Waals surface area contributed by atoms with Crippen LogP contribution in [-0.4, -0.2) is 60.0 Å². The minimum absolute atomic E-state index is 0.00979. The predicted octanol–water partition coefficient (Wildman–Crippen LogP) is 6.47. The lowest BCUT2D eigenvalue weighted by Gasteiger charge is -2.45. The zero-order valence-corrected chi connectivity index (χ0v) is 18.8. The Hall–Kier alpha value is -1.72. The first-order valence-electron chi connectivity index (χ1n) is 9.67. The van der Waals surface area contributed by atoms with E-state index in [0.717, 1.165) is 19.9 Å². The molecule has 0 bridgehead atoms. The van der Waals surface area contributed by atoms with E-state index in [4.69, 9.17) is 11.6 Å². The number of carbonyl (C=O) groups is 1. The minimum atomic E-state index is -5.73. The third kappa shape index (κ3) is 5.60. The van der Waals surface area contributed by atoms with Gasteiger partial charge in [0.2, 0.25) is 0 Å². The largest absolute Gasteiger partial charge is 0.434 e. The molecule has 0 aliphatic carbocycles. The Morgan fingerprint density at radius 3 is 2.34 bits per heavy atom. The van der Waals surface area contributed by atoms with E-state index in [1.165, 1.54) is 0 Å². The third-order valence-corrected chi connectivity index (χ3v) is 7.09. The highest BCUT2D eigenvalue weighted by Gasteiger charge is 2.60. The number of alkyl halides is 6. The van der Waals surface area contributed by atoms with Gasteiger partial charge in [-0.3, -0.25) is 4.90 Å². The molecule has 32 heavy (non-hydrogen) atoms. The van der Waals surface area contributed by atoms with Crippen molar-refractivity contribution in [2.24, 2.45) is 0 Å². The van der Waals surface area contributed by atoms with Crippen LogP contribution in [0.3, 0.4) is 0 Å². The van der Waals surface area contributed by atoms with Crippen LogP contribution in [0.1, 0.15) is 24.6 Å². The summed E-state index contributed by atoms with van der Waals surface area (Å²) >= 11 is 7.64. The van der Waals surface area contributed by atoms with E-state index in [0.29, 0.717) is 24.4 Å². The summed E-state index contributed by atoms with van der Waals surface area (Å²) in [7, 11) is 1.90. The maximum atomic E-state index is 12.6. The molecule has 0 spiro atoms. The summed E-state index contributed by atoms with van der Waals surface area (Å²) in [6, 6.07) is 7.66. The van der Waals surface area contributed by atoms with Crippen molar-refractivity contribution in [2.75, 3.05) is 20.1 Å². The number of hydrogen-bond acceptors (Lipinski definition) is 4. The molecule has 2 heterocycles. The van der Waals surface area contributed by atoms with Crippen molar-refractivity contribution in [3.05, 3.63) is 34.2 Å². The van der Waals surface area contributed by atoms with Gasteiger partial charge in [-0.25, -0.2) is 4.79 Å². The fraction of sp³-hybridized carbons (Fsp3) is 0.550. The Bertz CT molecular complexity index is 955. The second kappa shape index (κ2) is 8.90. The molecule has 1 aliphatic heterocycles. The van der Waals surface area contributed by atoms with E-state index in [2.05, 4.69) is 9.64 Å². The van der Waals surface area contributed by atoms with E-state index in [1.807, 2.05) is 38.2 Å². The average molecular weight is 503 g/mol. The summed E-state index contributed by atoms with van der Waals surface area (Å²) < 4.78 is 80.8. The molecule has 1 aromatic heterocycles. The maximum absolute atomic E-state index is 12.6. The number of nitrogens with zero attached hydrogens (tertiary/aromatic N) is 2. The fourth-order valence-corrected chi connectivity index (χ4v) is 4.90. The number of piperidine rings is 1. The van der Waals surface area contributed by atoms with Gasteiger partial charge in [-0.2, -0.15) is 26.3 Å². The molecule has 1 fully saturated rings. The number of halogens is 7. The molecule has 1 aliphatic rings. The van der Waals surface area contributed by atoms with Crippen molar-refractivity contribution in [1.82, 2.24) is 9.80 Å². The highest BCUT2D eigenvalue weighted by atomic mass is 35.5. The summed E-state index contributed by atoms with van der Waals surface area (Å²) in [4.78, 5) is 16.0. The number of fused-ring (bicyclic) bond motifs is 1. The Morgan fingerprint density at radius 1 is 1.19 bits per heavy atom. The first-order valence-corrected chi connectivity index (χ1v) is 10.9. The van der Waals surface area contributed by atoms with Crippen LogP contribution in [0.25, 0.3) is 10.1 Å². The second-order valence-corrected chi connectivity index (χ2v) is 9.69. The molecule has 0 radical (unpaired) electrons. The summed E-state index contributed by atoms with van der Waals surface area (Å²) in [5.41, 5.74) is -0.391.